The highest BCUT2D eigenvalue weighted by molar-refractivity contribution is 5.91. The summed E-state index contributed by atoms with van der Waals surface area (Å²) in [7, 11) is 0. The average molecular weight is 147 g/mol. The molecule has 0 fully saturated rings. The van der Waals surface area contributed by atoms with Gasteiger partial charge in [-0.15, -0.1) is 0 Å². The Morgan fingerprint density at radius 1 is 1.64 bits per heavy atom. The van der Waals surface area contributed by atoms with Gasteiger partial charge < -0.3 is 0 Å². The molecular formula is C9H9NO. The van der Waals surface area contributed by atoms with Crippen molar-refractivity contribution < 1.29 is 4.79 Å². The normalized spacial score (nSPS) is 10.3. The quantitative estimate of drug-likeness (QED) is 0.596. The molecule has 2 nitrogen and oxygen atoms in total. The molecule has 0 aliphatic carbocycles. The molecule has 1 aromatic heterocycles. The van der Waals surface area contributed by atoms with Crippen molar-refractivity contribution in [2.45, 2.75) is 6.92 Å². The van der Waals surface area contributed by atoms with E-state index in [9.17, 15) is 4.79 Å². The minimum Gasteiger partial charge on any atom is -0.295 e. The van der Waals surface area contributed by atoms with Gasteiger partial charge >= 0.3 is 0 Å². The van der Waals surface area contributed by atoms with E-state index in [1.54, 1.807) is 18.5 Å². The number of allylic oxidation sites excluding steroid dienone is 1. The third kappa shape index (κ3) is 2.76. The van der Waals surface area contributed by atoms with Gasteiger partial charge in [0, 0.05) is 12.4 Å². The van der Waals surface area contributed by atoms with Crippen LogP contribution in [-0.4, -0.2) is 10.8 Å². The molecule has 1 heterocycles. The van der Waals surface area contributed by atoms with E-state index in [0.29, 0.717) is 0 Å². The van der Waals surface area contributed by atoms with Crippen molar-refractivity contribution in [3.63, 3.8) is 0 Å². The van der Waals surface area contributed by atoms with Crippen LogP contribution in [0.5, 0.6) is 0 Å². The maximum Gasteiger partial charge on any atom is 0.152 e. The average Bonchev–Trinajstić information content (AvgIpc) is 2.03. The molecule has 0 aliphatic rings. The molecule has 1 aromatic rings. The lowest BCUT2D eigenvalue weighted by Gasteiger charge is -1.87. The van der Waals surface area contributed by atoms with Crippen molar-refractivity contribution in [3.05, 3.63) is 36.2 Å². The molecule has 0 aromatic carbocycles. The van der Waals surface area contributed by atoms with Crippen LogP contribution >= 0.6 is 0 Å². The molecule has 0 N–H and O–H groups in total. The van der Waals surface area contributed by atoms with E-state index in [2.05, 4.69) is 4.98 Å². The molecule has 0 radical (unpaired) electrons. The highest BCUT2D eigenvalue weighted by atomic mass is 16.1. The standard InChI is InChI=1S/C9H9NO/c1-8(11)4-5-9-3-2-6-10-7-9/h2-7H,1H3/b5-4-. The first-order valence-electron chi connectivity index (χ1n) is 3.38. The lowest BCUT2D eigenvalue weighted by Crippen LogP contribution is -1.80. The highest BCUT2D eigenvalue weighted by Crippen LogP contribution is 1.97. The van der Waals surface area contributed by atoms with Gasteiger partial charge in [0.05, 0.1) is 0 Å². The summed E-state index contributed by atoms with van der Waals surface area (Å²) >= 11 is 0. The van der Waals surface area contributed by atoms with Gasteiger partial charge in [0.15, 0.2) is 5.78 Å². The molecule has 0 unspecified atom stereocenters. The largest absolute Gasteiger partial charge is 0.295 e. The fourth-order valence-electron chi connectivity index (χ4n) is 0.688. The Balaban J connectivity index is 2.72. The van der Waals surface area contributed by atoms with Crippen LogP contribution in [0.25, 0.3) is 6.08 Å². The minimum atomic E-state index is 0.0499. The predicted molar refractivity (Wildman–Crippen MR) is 44.0 cm³/mol. The number of aromatic nitrogens is 1. The van der Waals surface area contributed by atoms with Gasteiger partial charge in [-0.1, -0.05) is 6.07 Å². The first-order valence-corrected chi connectivity index (χ1v) is 3.38. The molecule has 0 aliphatic heterocycles. The second-order valence-electron chi connectivity index (χ2n) is 2.23. The molecule has 2 heteroatoms. The van der Waals surface area contributed by atoms with E-state index < -0.39 is 0 Å². The smallest absolute Gasteiger partial charge is 0.152 e. The van der Waals surface area contributed by atoms with Crippen molar-refractivity contribution in [2.24, 2.45) is 0 Å². The first kappa shape index (κ1) is 7.66. The summed E-state index contributed by atoms with van der Waals surface area (Å²) in [4.78, 5) is 14.4. The van der Waals surface area contributed by atoms with E-state index >= 15 is 0 Å². The number of carbonyl (C=O) groups excluding carboxylic acids is 1. The van der Waals surface area contributed by atoms with Crippen molar-refractivity contribution >= 4 is 11.9 Å². The second kappa shape index (κ2) is 3.66. The molecule has 0 saturated carbocycles. The lowest BCUT2D eigenvalue weighted by molar-refractivity contribution is -0.112. The van der Waals surface area contributed by atoms with Crippen LogP contribution in [0, 0.1) is 0 Å². The monoisotopic (exact) mass is 147 g/mol. The summed E-state index contributed by atoms with van der Waals surface area (Å²) in [5, 5.41) is 0. The van der Waals surface area contributed by atoms with Gasteiger partial charge in [-0.3, -0.25) is 9.78 Å². The van der Waals surface area contributed by atoms with Crippen LogP contribution in [0.2, 0.25) is 0 Å². The van der Waals surface area contributed by atoms with E-state index in [4.69, 9.17) is 0 Å². The topological polar surface area (TPSA) is 30.0 Å². The van der Waals surface area contributed by atoms with Crippen molar-refractivity contribution in [1.82, 2.24) is 4.98 Å². The maximum absolute atomic E-state index is 10.5. The second-order valence-corrected chi connectivity index (χ2v) is 2.23. The van der Waals surface area contributed by atoms with Gasteiger partial charge in [0.2, 0.25) is 0 Å². The third-order valence-electron chi connectivity index (χ3n) is 1.19. The zero-order valence-electron chi connectivity index (χ0n) is 6.32. The molecular weight excluding hydrogens is 138 g/mol. The highest BCUT2D eigenvalue weighted by Gasteiger charge is 1.84. The minimum absolute atomic E-state index is 0.0499. The number of pyridine rings is 1. The summed E-state index contributed by atoms with van der Waals surface area (Å²) in [6, 6.07) is 3.73. The van der Waals surface area contributed by atoms with Gasteiger partial charge in [0.1, 0.15) is 0 Å². The van der Waals surface area contributed by atoms with Crippen LogP contribution in [0.15, 0.2) is 30.6 Å². The van der Waals surface area contributed by atoms with Crippen molar-refractivity contribution in [2.75, 3.05) is 0 Å². The van der Waals surface area contributed by atoms with Gasteiger partial charge in [0.25, 0.3) is 0 Å². The summed E-state index contributed by atoms with van der Waals surface area (Å²) in [5.41, 5.74) is 0.947. The van der Waals surface area contributed by atoms with Crippen LogP contribution in [0.3, 0.4) is 0 Å². The summed E-state index contributed by atoms with van der Waals surface area (Å²) < 4.78 is 0. The molecule has 11 heavy (non-hydrogen) atoms. The predicted octanol–water partition coefficient (Wildman–Crippen LogP) is 1.68. The Morgan fingerprint density at radius 3 is 3.00 bits per heavy atom. The van der Waals surface area contributed by atoms with E-state index in [-0.39, 0.29) is 5.78 Å². The van der Waals surface area contributed by atoms with E-state index in [1.807, 2.05) is 12.1 Å². The van der Waals surface area contributed by atoms with Crippen LogP contribution in [0.4, 0.5) is 0 Å². The van der Waals surface area contributed by atoms with E-state index in [1.165, 1.54) is 13.0 Å². The molecule has 0 bridgehead atoms. The fraction of sp³-hybridized carbons (Fsp3) is 0.111. The summed E-state index contributed by atoms with van der Waals surface area (Å²) in [6.07, 6.45) is 6.68. The number of hydrogen-bond acceptors (Lipinski definition) is 2. The van der Waals surface area contributed by atoms with Gasteiger partial charge in [-0.25, -0.2) is 0 Å². The lowest BCUT2D eigenvalue weighted by atomic mass is 10.2. The van der Waals surface area contributed by atoms with E-state index in [0.717, 1.165) is 5.56 Å². The van der Waals surface area contributed by atoms with Crippen LogP contribution in [-0.2, 0) is 4.79 Å². The number of carbonyl (C=O) groups is 1. The number of ketones is 1. The molecule has 1 rings (SSSR count). The van der Waals surface area contributed by atoms with Crippen LogP contribution in [0.1, 0.15) is 12.5 Å². The Hall–Kier alpha value is -1.44. The molecule has 0 amide bonds. The number of hydrogen-bond donors (Lipinski definition) is 0. The summed E-state index contributed by atoms with van der Waals surface area (Å²) in [6.45, 7) is 1.52. The molecule has 56 valence electrons. The van der Waals surface area contributed by atoms with Crippen LogP contribution < -0.4 is 0 Å². The number of rotatable bonds is 2. The zero-order valence-corrected chi connectivity index (χ0v) is 6.32. The Labute approximate surface area is 65.6 Å². The van der Waals surface area contributed by atoms with Gasteiger partial charge in [-0.2, -0.15) is 0 Å². The fourth-order valence-corrected chi connectivity index (χ4v) is 0.688. The first-order chi connectivity index (χ1) is 5.29. The summed E-state index contributed by atoms with van der Waals surface area (Å²) in [5.74, 6) is 0.0499. The van der Waals surface area contributed by atoms with Crippen molar-refractivity contribution in [3.8, 4) is 0 Å². The SMILES string of the molecule is CC(=O)/C=C\c1cccnc1. The maximum atomic E-state index is 10.5. The molecule has 0 atom stereocenters. The number of nitrogens with zero attached hydrogens (tertiary/aromatic N) is 1. The Bertz CT molecular complexity index is 264. The molecule has 0 spiro atoms. The van der Waals surface area contributed by atoms with Crippen molar-refractivity contribution in [1.29, 1.82) is 0 Å². The third-order valence-corrected chi connectivity index (χ3v) is 1.19. The zero-order chi connectivity index (χ0) is 8.10. The molecule has 0 saturated heterocycles. The Morgan fingerprint density at radius 2 is 2.45 bits per heavy atom. The Kier molecular flexibility index (Phi) is 2.55. The van der Waals surface area contributed by atoms with Gasteiger partial charge in [-0.05, 0) is 30.7 Å².